The number of rotatable bonds is 7. The van der Waals surface area contributed by atoms with Crippen molar-refractivity contribution in [3.8, 4) is 5.75 Å². The fraction of sp³-hybridized carbons (Fsp3) is 0.429. The third-order valence-corrected chi connectivity index (χ3v) is 3.84. The summed E-state index contributed by atoms with van der Waals surface area (Å²) in [5.41, 5.74) is 0.591. The summed E-state index contributed by atoms with van der Waals surface area (Å²) in [5, 5.41) is 11.7. The molecule has 20 heavy (non-hydrogen) atoms. The van der Waals surface area contributed by atoms with Crippen LogP contribution in [-0.2, 0) is 9.59 Å². The molecule has 1 amide bonds. The number of ether oxygens (including phenoxy) is 1. The Morgan fingerprint density at radius 2 is 2.00 bits per heavy atom. The maximum Gasteiger partial charge on any atom is 0.319 e. The fourth-order valence-corrected chi connectivity index (χ4v) is 2.03. The number of aliphatic carboxylic acids is 1. The van der Waals surface area contributed by atoms with Crippen molar-refractivity contribution < 1.29 is 19.4 Å². The van der Waals surface area contributed by atoms with E-state index in [1.165, 1.54) is 0 Å². The molecular weight excluding hydrogens is 278 g/mol. The number of carboxylic acid groups (broad SMARTS) is 1. The monoisotopic (exact) mass is 297 g/mol. The quantitative estimate of drug-likeness (QED) is 0.809. The second-order valence-electron chi connectivity index (χ2n) is 4.58. The lowest BCUT2D eigenvalue weighted by Gasteiger charge is -2.18. The van der Waals surface area contributed by atoms with Crippen LogP contribution in [0.3, 0.4) is 0 Å². The largest absolute Gasteiger partial charge is 0.492 e. The molecule has 0 spiro atoms. The van der Waals surface area contributed by atoms with E-state index in [0.29, 0.717) is 18.0 Å². The Kier molecular flexibility index (Phi) is 5.88. The van der Waals surface area contributed by atoms with Crippen LogP contribution in [0.15, 0.2) is 24.3 Å². The molecule has 0 heterocycles. The van der Waals surface area contributed by atoms with Crippen LogP contribution in [0.5, 0.6) is 5.75 Å². The van der Waals surface area contributed by atoms with Crippen molar-refractivity contribution in [1.82, 2.24) is 0 Å². The number of carboxylic acids is 1. The first kappa shape index (κ1) is 16.4. The summed E-state index contributed by atoms with van der Waals surface area (Å²) in [7, 11) is 0. The lowest BCUT2D eigenvalue weighted by Crippen LogP contribution is -2.29. The van der Waals surface area contributed by atoms with Crippen LogP contribution >= 0.6 is 11.8 Å². The highest BCUT2D eigenvalue weighted by atomic mass is 32.2. The minimum atomic E-state index is -0.989. The van der Waals surface area contributed by atoms with Crippen LogP contribution < -0.4 is 10.1 Å². The van der Waals surface area contributed by atoms with Gasteiger partial charge in [0.25, 0.3) is 0 Å². The molecule has 0 aromatic heterocycles. The summed E-state index contributed by atoms with van der Waals surface area (Å²) >= 11 is 1.08. The zero-order valence-corrected chi connectivity index (χ0v) is 12.6. The third-order valence-electron chi connectivity index (χ3n) is 2.54. The van der Waals surface area contributed by atoms with Gasteiger partial charge >= 0.3 is 5.97 Å². The van der Waals surface area contributed by atoms with Gasteiger partial charge in [0, 0.05) is 0 Å². The van der Waals surface area contributed by atoms with Crippen LogP contribution in [0.25, 0.3) is 0 Å². The van der Waals surface area contributed by atoms with Gasteiger partial charge in [0.05, 0.1) is 18.0 Å². The van der Waals surface area contributed by atoms with Gasteiger partial charge < -0.3 is 15.2 Å². The normalized spacial score (nSPS) is 10.9. The maximum atomic E-state index is 11.9. The number of amides is 1. The van der Waals surface area contributed by atoms with Gasteiger partial charge in [-0.05, 0) is 32.9 Å². The Morgan fingerprint density at radius 3 is 2.60 bits per heavy atom. The fourth-order valence-electron chi connectivity index (χ4n) is 1.35. The lowest BCUT2D eigenvalue weighted by atomic mass is 10.2. The van der Waals surface area contributed by atoms with E-state index in [2.05, 4.69) is 5.32 Å². The summed E-state index contributed by atoms with van der Waals surface area (Å²) in [4.78, 5) is 22.8. The number of hydrogen-bond donors (Lipinski definition) is 2. The van der Waals surface area contributed by atoms with E-state index >= 15 is 0 Å². The molecule has 2 N–H and O–H groups in total. The van der Waals surface area contributed by atoms with Gasteiger partial charge in [-0.1, -0.05) is 12.1 Å². The molecule has 1 aromatic rings. The molecule has 1 rings (SSSR count). The van der Waals surface area contributed by atoms with Crippen molar-refractivity contribution in [2.45, 2.75) is 25.5 Å². The molecule has 0 unspecified atom stereocenters. The van der Waals surface area contributed by atoms with Crippen LogP contribution in [-0.4, -0.2) is 34.1 Å². The van der Waals surface area contributed by atoms with Gasteiger partial charge in [0.15, 0.2) is 0 Å². The molecule has 110 valence electrons. The van der Waals surface area contributed by atoms with E-state index in [1.54, 1.807) is 32.0 Å². The minimum Gasteiger partial charge on any atom is -0.492 e. The van der Waals surface area contributed by atoms with E-state index in [-0.39, 0.29) is 11.7 Å². The van der Waals surface area contributed by atoms with Crippen molar-refractivity contribution in [3.05, 3.63) is 24.3 Å². The summed E-state index contributed by atoms with van der Waals surface area (Å²) in [5.74, 6) is -0.521. The molecule has 0 saturated carbocycles. The molecule has 0 fully saturated rings. The lowest BCUT2D eigenvalue weighted by molar-refractivity contribution is -0.138. The molecular formula is C14H19NO4S. The number of thioether (sulfide) groups is 1. The predicted molar refractivity (Wildman–Crippen MR) is 80.4 cm³/mol. The topological polar surface area (TPSA) is 75.6 Å². The molecule has 0 atom stereocenters. The van der Waals surface area contributed by atoms with E-state index in [1.807, 2.05) is 13.0 Å². The van der Waals surface area contributed by atoms with Crippen molar-refractivity contribution in [2.24, 2.45) is 0 Å². The zero-order valence-electron chi connectivity index (χ0n) is 11.8. The van der Waals surface area contributed by atoms with Crippen LogP contribution in [0.4, 0.5) is 5.69 Å². The van der Waals surface area contributed by atoms with E-state index < -0.39 is 10.7 Å². The summed E-state index contributed by atoms with van der Waals surface area (Å²) in [6, 6.07) is 7.14. The third kappa shape index (κ3) is 4.77. The van der Waals surface area contributed by atoms with Crippen molar-refractivity contribution in [3.63, 3.8) is 0 Å². The number of carbonyl (C=O) groups excluding carboxylic acids is 1. The van der Waals surface area contributed by atoms with Crippen LogP contribution in [0.2, 0.25) is 0 Å². The van der Waals surface area contributed by atoms with E-state index in [4.69, 9.17) is 9.84 Å². The number of para-hydroxylation sites is 2. The summed E-state index contributed by atoms with van der Waals surface area (Å²) < 4.78 is 4.42. The molecule has 5 nitrogen and oxygen atoms in total. The molecule has 0 radical (unpaired) electrons. The Hall–Kier alpha value is -1.69. The smallest absolute Gasteiger partial charge is 0.319 e. The Balaban J connectivity index is 2.61. The molecule has 0 aliphatic carbocycles. The molecule has 0 bridgehead atoms. The zero-order chi connectivity index (χ0) is 15.2. The number of benzene rings is 1. The SMILES string of the molecule is CCOc1ccccc1NC(=O)CSC(C)(C)C(=O)O. The summed E-state index contributed by atoms with van der Waals surface area (Å²) in [6.45, 7) is 5.51. The first-order chi connectivity index (χ1) is 9.36. The van der Waals surface area contributed by atoms with Gasteiger partial charge in [-0.25, -0.2) is 0 Å². The van der Waals surface area contributed by atoms with Crippen molar-refractivity contribution in [1.29, 1.82) is 0 Å². The van der Waals surface area contributed by atoms with Crippen molar-refractivity contribution >= 4 is 29.3 Å². The van der Waals surface area contributed by atoms with Gasteiger partial charge in [-0.2, -0.15) is 0 Å². The highest BCUT2D eigenvalue weighted by Crippen LogP contribution is 2.26. The highest BCUT2D eigenvalue weighted by Gasteiger charge is 2.28. The first-order valence-electron chi connectivity index (χ1n) is 6.26. The van der Waals surface area contributed by atoms with Crippen molar-refractivity contribution in [2.75, 3.05) is 17.7 Å². The molecule has 1 aromatic carbocycles. The second kappa shape index (κ2) is 7.19. The molecule has 0 aliphatic rings. The van der Waals surface area contributed by atoms with E-state index in [9.17, 15) is 9.59 Å². The number of nitrogens with one attached hydrogen (secondary N) is 1. The van der Waals surface area contributed by atoms with Gasteiger partial charge in [0.2, 0.25) is 5.91 Å². The second-order valence-corrected chi connectivity index (χ2v) is 6.18. The Morgan fingerprint density at radius 1 is 1.35 bits per heavy atom. The molecule has 0 saturated heterocycles. The van der Waals surface area contributed by atoms with Gasteiger partial charge in [-0.3, -0.25) is 9.59 Å². The number of hydrogen-bond acceptors (Lipinski definition) is 4. The highest BCUT2D eigenvalue weighted by molar-refractivity contribution is 8.02. The van der Waals surface area contributed by atoms with Gasteiger partial charge in [-0.15, -0.1) is 11.8 Å². The Labute approximate surface area is 122 Å². The molecule has 6 heteroatoms. The average Bonchev–Trinajstić information content (AvgIpc) is 2.39. The average molecular weight is 297 g/mol. The Bertz CT molecular complexity index is 488. The van der Waals surface area contributed by atoms with Crippen LogP contribution in [0, 0.1) is 0 Å². The summed E-state index contributed by atoms with van der Waals surface area (Å²) in [6.07, 6.45) is 0. The number of carbonyl (C=O) groups is 2. The standard InChI is InChI=1S/C14H19NO4S/c1-4-19-11-8-6-5-7-10(11)15-12(16)9-20-14(2,3)13(17)18/h5-8H,4,9H2,1-3H3,(H,15,16)(H,17,18). The van der Waals surface area contributed by atoms with E-state index in [0.717, 1.165) is 11.8 Å². The predicted octanol–water partition coefficient (Wildman–Crippen LogP) is 2.62. The first-order valence-corrected chi connectivity index (χ1v) is 7.24. The molecule has 0 aliphatic heterocycles. The maximum absolute atomic E-state index is 11.9. The van der Waals surface area contributed by atoms with Crippen LogP contribution in [0.1, 0.15) is 20.8 Å². The minimum absolute atomic E-state index is 0.0692. The number of anilines is 1. The van der Waals surface area contributed by atoms with Gasteiger partial charge in [0.1, 0.15) is 10.5 Å².